The van der Waals surface area contributed by atoms with Crippen LogP contribution in [0.4, 0.5) is 0 Å². The highest BCUT2D eigenvalue weighted by Crippen LogP contribution is 2.34. The average Bonchev–Trinajstić information content (AvgIpc) is 3.19. The first-order chi connectivity index (χ1) is 13.7. The predicted octanol–water partition coefficient (Wildman–Crippen LogP) is 1.71. The van der Waals surface area contributed by atoms with Gasteiger partial charge in [0.1, 0.15) is 12.4 Å². The zero-order chi connectivity index (χ0) is 19.3. The fraction of sp³-hybridized carbons (Fsp3) is 0.250. The fourth-order valence-electron chi connectivity index (χ4n) is 2.90. The fourth-order valence-corrected chi connectivity index (χ4v) is 2.90. The Labute approximate surface area is 160 Å². The second-order valence-electron chi connectivity index (χ2n) is 6.22. The minimum Gasteiger partial charge on any atom is -0.492 e. The molecule has 1 aliphatic rings. The summed E-state index contributed by atoms with van der Waals surface area (Å²) >= 11 is 0. The normalized spacial score (nSPS) is 12.1. The van der Waals surface area contributed by atoms with E-state index in [0.29, 0.717) is 41.3 Å². The smallest absolute Gasteiger partial charge is 0.261 e. The van der Waals surface area contributed by atoms with Crippen molar-refractivity contribution in [3.63, 3.8) is 0 Å². The number of aromatic nitrogens is 2. The molecular formula is C20H19N3O5. The van der Waals surface area contributed by atoms with E-state index in [1.165, 1.54) is 10.9 Å². The van der Waals surface area contributed by atoms with Crippen LogP contribution < -0.4 is 25.1 Å². The number of nitrogens with zero attached hydrogens (tertiary/aromatic N) is 2. The van der Waals surface area contributed by atoms with Crippen LogP contribution in [0.2, 0.25) is 0 Å². The minimum absolute atomic E-state index is 0.149. The van der Waals surface area contributed by atoms with E-state index in [1.54, 1.807) is 36.4 Å². The van der Waals surface area contributed by atoms with E-state index in [9.17, 15) is 9.59 Å². The van der Waals surface area contributed by atoms with Crippen molar-refractivity contribution in [3.05, 3.63) is 59.1 Å². The number of ether oxygens (including phenoxy) is 3. The molecule has 0 radical (unpaired) electrons. The Morgan fingerprint density at radius 1 is 1.18 bits per heavy atom. The van der Waals surface area contributed by atoms with Crippen molar-refractivity contribution in [2.75, 3.05) is 19.9 Å². The van der Waals surface area contributed by atoms with Gasteiger partial charge >= 0.3 is 0 Å². The summed E-state index contributed by atoms with van der Waals surface area (Å²) < 4.78 is 17.6. The molecule has 0 aliphatic carbocycles. The maximum absolute atomic E-state index is 12.4. The summed E-state index contributed by atoms with van der Waals surface area (Å²) in [7, 11) is 0. The molecule has 0 unspecified atom stereocenters. The molecule has 3 aromatic rings. The predicted molar refractivity (Wildman–Crippen MR) is 102 cm³/mol. The largest absolute Gasteiger partial charge is 0.492 e. The van der Waals surface area contributed by atoms with E-state index in [1.807, 2.05) is 6.07 Å². The Balaban J connectivity index is 1.23. The first kappa shape index (κ1) is 17.8. The van der Waals surface area contributed by atoms with Gasteiger partial charge in [-0.25, -0.2) is 4.98 Å². The Morgan fingerprint density at radius 3 is 2.96 bits per heavy atom. The molecule has 1 N–H and O–H groups in total. The number of benzene rings is 2. The van der Waals surface area contributed by atoms with E-state index in [-0.39, 0.29) is 31.2 Å². The van der Waals surface area contributed by atoms with E-state index in [4.69, 9.17) is 14.2 Å². The summed E-state index contributed by atoms with van der Waals surface area (Å²) in [5.41, 5.74) is 0.499. The third-order valence-corrected chi connectivity index (χ3v) is 4.35. The van der Waals surface area contributed by atoms with Crippen LogP contribution in [-0.4, -0.2) is 35.4 Å². The van der Waals surface area contributed by atoms with Gasteiger partial charge in [-0.2, -0.15) is 0 Å². The molecule has 28 heavy (non-hydrogen) atoms. The molecule has 1 aromatic heterocycles. The van der Waals surface area contributed by atoms with E-state index < -0.39 is 0 Å². The SMILES string of the molecule is O=C(CCn1cnc2ccccc2c1=O)NCCOc1ccc2c(c1)OCO2. The van der Waals surface area contributed by atoms with Crippen molar-refractivity contribution in [2.24, 2.45) is 0 Å². The highest BCUT2D eigenvalue weighted by molar-refractivity contribution is 5.77. The second kappa shape index (κ2) is 7.99. The van der Waals surface area contributed by atoms with Crippen LogP contribution in [0, 0.1) is 0 Å². The molecule has 0 atom stereocenters. The second-order valence-corrected chi connectivity index (χ2v) is 6.22. The van der Waals surface area contributed by atoms with E-state index in [2.05, 4.69) is 10.3 Å². The molecule has 0 spiro atoms. The van der Waals surface area contributed by atoms with Crippen LogP contribution in [0.25, 0.3) is 10.9 Å². The molecule has 0 bridgehead atoms. The van der Waals surface area contributed by atoms with Crippen molar-refractivity contribution < 1.29 is 19.0 Å². The van der Waals surface area contributed by atoms with Crippen molar-refractivity contribution >= 4 is 16.8 Å². The monoisotopic (exact) mass is 381 g/mol. The number of hydrogen-bond acceptors (Lipinski definition) is 6. The minimum atomic E-state index is -0.158. The Morgan fingerprint density at radius 2 is 2.04 bits per heavy atom. The van der Waals surface area contributed by atoms with Crippen molar-refractivity contribution in [2.45, 2.75) is 13.0 Å². The summed E-state index contributed by atoms with van der Waals surface area (Å²) in [5.74, 6) is 1.83. The first-order valence-electron chi connectivity index (χ1n) is 8.94. The number of nitrogens with one attached hydrogen (secondary N) is 1. The molecule has 1 aliphatic heterocycles. The molecule has 144 valence electrons. The third-order valence-electron chi connectivity index (χ3n) is 4.35. The van der Waals surface area contributed by atoms with Gasteiger partial charge in [0.05, 0.1) is 23.8 Å². The molecule has 8 heteroatoms. The average molecular weight is 381 g/mol. The third kappa shape index (κ3) is 3.90. The van der Waals surface area contributed by atoms with Gasteiger partial charge in [0.2, 0.25) is 12.7 Å². The van der Waals surface area contributed by atoms with Gasteiger partial charge < -0.3 is 19.5 Å². The van der Waals surface area contributed by atoms with Crippen LogP contribution in [-0.2, 0) is 11.3 Å². The molecule has 4 rings (SSSR count). The number of fused-ring (bicyclic) bond motifs is 2. The highest BCUT2D eigenvalue weighted by Gasteiger charge is 2.13. The molecule has 1 amide bonds. The number of carbonyl (C=O) groups excluding carboxylic acids is 1. The molecule has 2 aromatic carbocycles. The maximum atomic E-state index is 12.4. The molecule has 0 fully saturated rings. The summed E-state index contributed by atoms with van der Waals surface area (Å²) in [4.78, 5) is 28.7. The lowest BCUT2D eigenvalue weighted by molar-refractivity contribution is -0.121. The van der Waals surface area contributed by atoms with Gasteiger partial charge in [-0.05, 0) is 24.3 Å². The van der Waals surface area contributed by atoms with Crippen LogP contribution in [0.3, 0.4) is 0 Å². The number of rotatable bonds is 7. The zero-order valence-corrected chi connectivity index (χ0v) is 15.1. The van der Waals surface area contributed by atoms with Crippen LogP contribution in [0.15, 0.2) is 53.6 Å². The Kier molecular flexibility index (Phi) is 5.09. The van der Waals surface area contributed by atoms with Gasteiger partial charge in [0.25, 0.3) is 5.56 Å². The van der Waals surface area contributed by atoms with Crippen LogP contribution in [0.5, 0.6) is 17.2 Å². The van der Waals surface area contributed by atoms with Gasteiger partial charge in [-0.1, -0.05) is 12.1 Å². The number of para-hydroxylation sites is 1. The van der Waals surface area contributed by atoms with E-state index in [0.717, 1.165) is 0 Å². The lowest BCUT2D eigenvalue weighted by Crippen LogP contribution is -2.30. The van der Waals surface area contributed by atoms with Crippen LogP contribution >= 0.6 is 0 Å². The summed E-state index contributed by atoms with van der Waals surface area (Å²) in [6.45, 7) is 1.16. The van der Waals surface area contributed by atoms with Gasteiger partial charge in [-0.3, -0.25) is 14.2 Å². The van der Waals surface area contributed by atoms with Crippen LogP contribution in [0.1, 0.15) is 6.42 Å². The summed E-state index contributed by atoms with van der Waals surface area (Å²) in [6.07, 6.45) is 1.66. The van der Waals surface area contributed by atoms with Gasteiger partial charge in [0, 0.05) is 19.0 Å². The number of amides is 1. The lowest BCUT2D eigenvalue weighted by atomic mass is 10.2. The first-order valence-corrected chi connectivity index (χ1v) is 8.94. The Bertz CT molecular complexity index is 1060. The Hall–Kier alpha value is -3.55. The lowest BCUT2D eigenvalue weighted by Gasteiger charge is -2.09. The van der Waals surface area contributed by atoms with Crippen molar-refractivity contribution in [1.29, 1.82) is 0 Å². The summed E-state index contributed by atoms with van der Waals surface area (Å²) in [5, 5.41) is 3.32. The maximum Gasteiger partial charge on any atom is 0.261 e. The van der Waals surface area contributed by atoms with Gasteiger partial charge in [-0.15, -0.1) is 0 Å². The highest BCUT2D eigenvalue weighted by atomic mass is 16.7. The van der Waals surface area contributed by atoms with Crippen molar-refractivity contribution in [1.82, 2.24) is 14.9 Å². The number of carbonyl (C=O) groups is 1. The zero-order valence-electron chi connectivity index (χ0n) is 15.1. The van der Waals surface area contributed by atoms with E-state index >= 15 is 0 Å². The topological polar surface area (TPSA) is 91.7 Å². The number of aryl methyl sites for hydroxylation is 1. The summed E-state index contributed by atoms with van der Waals surface area (Å²) in [6, 6.07) is 12.5. The van der Waals surface area contributed by atoms with Gasteiger partial charge in [0.15, 0.2) is 11.5 Å². The molecular weight excluding hydrogens is 362 g/mol. The molecule has 0 saturated heterocycles. The molecule has 8 nitrogen and oxygen atoms in total. The quantitative estimate of drug-likeness (QED) is 0.627. The number of hydrogen-bond donors (Lipinski definition) is 1. The standard InChI is InChI=1S/C20H19N3O5/c24-19(7-9-23-12-22-16-4-2-1-3-15(16)20(23)25)21-8-10-26-14-5-6-17-18(11-14)28-13-27-17/h1-6,11-12H,7-10,13H2,(H,21,24). The molecule has 0 saturated carbocycles. The van der Waals surface area contributed by atoms with Crippen molar-refractivity contribution in [3.8, 4) is 17.2 Å². The molecule has 2 heterocycles.